The molecule has 0 aromatic heterocycles. The van der Waals surface area contributed by atoms with Gasteiger partial charge in [0.2, 0.25) is 0 Å². The first kappa shape index (κ1) is 6.46. The van der Waals surface area contributed by atoms with Crippen LogP contribution in [0.4, 0.5) is 0 Å². The molecule has 56 valence electrons. The molecule has 3 heteroatoms. The molecule has 1 heterocycles. The van der Waals surface area contributed by atoms with E-state index in [-0.39, 0.29) is 0 Å². The molecular weight excluding hydrogens is 140 g/mol. The number of aldehydes is 1. The van der Waals surface area contributed by atoms with Crippen molar-refractivity contribution < 1.29 is 4.79 Å². The number of hydrogen-bond donors (Lipinski definition) is 0. The SMILES string of the molecule is O=CC1=C2C=NN=C2CCC1. The third kappa shape index (κ3) is 0.926. The first-order chi connectivity index (χ1) is 5.42. The highest BCUT2D eigenvalue weighted by Crippen LogP contribution is 2.22. The van der Waals surface area contributed by atoms with Crippen molar-refractivity contribution in [3.8, 4) is 0 Å². The van der Waals surface area contributed by atoms with Gasteiger partial charge in [-0.25, -0.2) is 0 Å². The largest absolute Gasteiger partial charge is 0.298 e. The highest BCUT2D eigenvalue weighted by atomic mass is 16.1. The maximum atomic E-state index is 10.5. The Kier molecular flexibility index (Phi) is 1.42. The molecule has 0 saturated carbocycles. The molecule has 0 unspecified atom stereocenters. The van der Waals surface area contributed by atoms with Crippen molar-refractivity contribution in [2.45, 2.75) is 19.3 Å². The van der Waals surface area contributed by atoms with Gasteiger partial charge in [0.25, 0.3) is 0 Å². The highest BCUT2D eigenvalue weighted by molar-refractivity contribution is 6.21. The molecule has 1 aliphatic heterocycles. The molecule has 0 aromatic rings. The van der Waals surface area contributed by atoms with Crippen LogP contribution in [0.1, 0.15) is 19.3 Å². The summed E-state index contributed by atoms with van der Waals surface area (Å²) in [5, 5.41) is 7.70. The fourth-order valence-corrected chi connectivity index (χ4v) is 1.44. The quantitative estimate of drug-likeness (QED) is 0.513. The zero-order chi connectivity index (χ0) is 7.68. The zero-order valence-electron chi connectivity index (χ0n) is 6.08. The van der Waals surface area contributed by atoms with Gasteiger partial charge in [-0.2, -0.15) is 10.2 Å². The Morgan fingerprint density at radius 2 is 2.36 bits per heavy atom. The van der Waals surface area contributed by atoms with Gasteiger partial charge in [0.05, 0.1) is 11.9 Å². The number of rotatable bonds is 1. The molecule has 11 heavy (non-hydrogen) atoms. The van der Waals surface area contributed by atoms with E-state index in [0.29, 0.717) is 0 Å². The van der Waals surface area contributed by atoms with E-state index in [1.165, 1.54) is 0 Å². The minimum atomic E-state index is 0.858. The minimum Gasteiger partial charge on any atom is -0.298 e. The van der Waals surface area contributed by atoms with E-state index in [0.717, 1.165) is 42.4 Å². The molecule has 2 rings (SSSR count). The number of allylic oxidation sites excluding steroid dienone is 2. The molecule has 0 amide bonds. The molecule has 0 radical (unpaired) electrons. The lowest BCUT2D eigenvalue weighted by Crippen LogP contribution is -2.10. The van der Waals surface area contributed by atoms with Crippen LogP contribution in [-0.2, 0) is 4.79 Å². The van der Waals surface area contributed by atoms with E-state index in [9.17, 15) is 4.79 Å². The monoisotopic (exact) mass is 148 g/mol. The van der Waals surface area contributed by atoms with E-state index >= 15 is 0 Å². The van der Waals surface area contributed by atoms with Crippen molar-refractivity contribution in [3.63, 3.8) is 0 Å². The predicted molar refractivity (Wildman–Crippen MR) is 42.9 cm³/mol. The molecule has 1 aliphatic carbocycles. The van der Waals surface area contributed by atoms with Crippen LogP contribution >= 0.6 is 0 Å². The molecule has 0 bridgehead atoms. The molecule has 2 aliphatic rings. The maximum Gasteiger partial charge on any atom is 0.146 e. The van der Waals surface area contributed by atoms with Crippen molar-refractivity contribution in [1.29, 1.82) is 0 Å². The Morgan fingerprint density at radius 3 is 3.18 bits per heavy atom. The fourth-order valence-electron chi connectivity index (χ4n) is 1.44. The van der Waals surface area contributed by atoms with Gasteiger partial charge < -0.3 is 0 Å². The summed E-state index contributed by atoms with van der Waals surface area (Å²) in [6.07, 6.45) is 5.47. The Morgan fingerprint density at radius 1 is 1.45 bits per heavy atom. The number of fused-ring (bicyclic) bond motifs is 1. The van der Waals surface area contributed by atoms with Gasteiger partial charge in [-0.3, -0.25) is 4.79 Å². The Labute approximate surface area is 64.5 Å². The molecule has 0 atom stereocenters. The van der Waals surface area contributed by atoms with Gasteiger partial charge in [-0.15, -0.1) is 0 Å². The van der Waals surface area contributed by atoms with Crippen molar-refractivity contribution >= 4 is 18.2 Å². The van der Waals surface area contributed by atoms with Crippen LogP contribution in [0.5, 0.6) is 0 Å². The summed E-state index contributed by atoms with van der Waals surface area (Å²) in [6.45, 7) is 0. The number of hydrogen-bond acceptors (Lipinski definition) is 3. The van der Waals surface area contributed by atoms with E-state index in [2.05, 4.69) is 10.2 Å². The van der Waals surface area contributed by atoms with Gasteiger partial charge in [0.1, 0.15) is 6.29 Å². The number of carbonyl (C=O) groups is 1. The van der Waals surface area contributed by atoms with E-state index in [1.54, 1.807) is 6.21 Å². The van der Waals surface area contributed by atoms with Crippen LogP contribution in [-0.4, -0.2) is 18.2 Å². The lowest BCUT2D eigenvalue weighted by atomic mass is 9.92. The molecule has 0 fully saturated rings. The van der Waals surface area contributed by atoms with Crippen molar-refractivity contribution in [2.24, 2.45) is 10.2 Å². The number of carbonyl (C=O) groups excluding carboxylic acids is 1. The zero-order valence-corrected chi connectivity index (χ0v) is 6.08. The first-order valence-corrected chi connectivity index (χ1v) is 3.70. The molecule has 3 nitrogen and oxygen atoms in total. The van der Waals surface area contributed by atoms with Crippen LogP contribution in [0.3, 0.4) is 0 Å². The summed E-state index contributed by atoms with van der Waals surface area (Å²) in [6, 6.07) is 0. The second kappa shape index (κ2) is 2.42. The summed E-state index contributed by atoms with van der Waals surface area (Å²) < 4.78 is 0. The summed E-state index contributed by atoms with van der Waals surface area (Å²) in [4.78, 5) is 10.5. The lowest BCUT2D eigenvalue weighted by molar-refractivity contribution is -0.105. The van der Waals surface area contributed by atoms with Crippen molar-refractivity contribution in [1.82, 2.24) is 0 Å². The van der Waals surface area contributed by atoms with Crippen LogP contribution in [0.2, 0.25) is 0 Å². The van der Waals surface area contributed by atoms with Gasteiger partial charge in [-0.05, 0) is 19.3 Å². The van der Waals surface area contributed by atoms with Crippen LogP contribution in [0, 0.1) is 0 Å². The number of nitrogens with zero attached hydrogens (tertiary/aromatic N) is 2. The standard InChI is InChI=1S/C8H8N2O/c11-5-6-2-1-3-8-7(6)4-9-10-8/h4-5H,1-3H2. The maximum absolute atomic E-state index is 10.5. The van der Waals surface area contributed by atoms with Gasteiger partial charge in [-0.1, -0.05) is 0 Å². The predicted octanol–water partition coefficient (Wildman–Crippen LogP) is 1.11. The molecule has 0 aromatic carbocycles. The molecule has 0 saturated heterocycles. The molecule has 0 spiro atoms. The third-order valence-electron chi connectivity index (χ3n) is 2.02. The van der Waals surface area contributed by atoms with Gasteiger partial charge in [0.15, 0.2) is 0 Å². The summed E-state index contributed by atoms with van der Waals surface area (Å²) in [5.41, 5.74) is 2.81. The summed E-state index contributed by atoms with van der Waals surface area (Å²) in [7, 11) is 0. The smallest absolute Gasteiger partial charge is 0.146 e. The third-order valence-corrected chi connectivity index (χ3v) is 2.02. The average Bonchev–Trinajstić information content (AvgIpc) is 2.50. The van der Waals surface area contributed by atoms with Crippen LogP contribution < -0.4 is 0 Å². The van der Waals surface area contributed by atoms with E-state index in [4.69, 9.17) is 0 Å². The normalized spacial score (nSPS) is 21.6. The molecular formula is C8H8N2O. The van der Waals surface area contributed by atoms with Gasteiger partial charge >= 0.3 is 0 Å². The second-order valence-electron chi connectivity index (χ2n) is 2.70. The molecule has 0 N–H and O–H groups in total. The summed E-state index contributed by atoms with van der Waals surface area (Å²) >= 11 is 0. The van der Waals surface area contributed by atoms with Crippen LogP contribution in [0.25, 0.3) is 0 Å². The minimum absolute atomic E-state index is 0.858. The average molecular weight is 148 g/mol. The van der Waals surface area contributed by atoms with Crippen molar-refractivity contribution in [2.75, 3.05) is 0 Å². The summed E-state index contributed by atoms with van der Waals surface area (Å²) in [5.74, 6) is 0. The van der Waals surface area contributed by atoms with E-state index in [1.807, 2.05) is 0 Å². The topological polar surface area (TPSA) is 41.8 Å². The first-order valence-electron chi connectivity index (χ1n) is 3.70. The lowest BCUT2D eigenvalue weighted by Gasteiger charge is -2.11. The fraction of sp³-hybridized carbons (Fsp3) is 0.375. The Hall–Kier alpha value is -1.25. The Bertz CT molecular complexity index is 286. The Balaban J connectivity index is 2.47. The second-order valence-corrected chi connectivity index (χ2v) is 2.70. The van der Waals surface area contributed by atoms with Gasteiger partial charge in [0, 0.05) is 11.1 Å². The van der Waals surface area contributed by atoms with Crippen LogP contribution in [0.15, 0.2) is 21.3 Å². The highest BCUT2D eigenvalue weighted by Gasteiger charge is 2.19. The van der Waals surface area contributed by atoms with E-state index < -0.39 is 0 Å². The van der Waals surface area contributed by atoms with Crippen molar-refractivity contribution in [3.05, 3.63) is 11.1 Å².